The number of hydrogen-bond acceptors (Lipinski definition) is 5. The molecule has 0 aromatic heterocycles. The highest BCUT2D eigenvalue weighted by atomic mass is 32.2. The van der Waals surface area contributed by atoms with Gasteiger partial charge in [0.25, 0.3) is 15.9 Å². The van der Waals surface area contributed by atoms with Crippen molar-refractivity contribution in [3.63, 3.8) is 0 Å². The molecule has 0 bridgehead atoms. The first-order valence-electron chi connectivity index (χ1n) is 8.04. The van der Waals surface area contributed by atoms with Gasteiger partial charge in [0.1, 0.15) is 5.82 Å². The Labute approximate surface area is 156 Å². The first-order chi connectivity index (χ1) is 12.6. The molecule has 1 amide bonds. The number of carbonyl (C=O) groups excluding carboxylic acids is 1. The van der Waals surface area contributed by atoms with Gasteiger partial charge in [-0.05, 0) is 48.9 Å². The number of halogens is 1. The van der Waals surface area contributed by atoms with Crippen LogP contribution in [-0.2, 0) is 19.9 Å². The summed E-state index contributed by atoms with van der Waals surface area (Å²) >= 11 is 0. The van der Waals surface area contributed by atoms with E-state index < -0.39 is 37.6 Å². The summed E-state index contributed by atoms with van der Waals surface area (Å²) < 4.78 is 62.9. The monoisotopic (exact) mass is 412 g/mol. The van der Waals surface area contributed by atoms with E-state index in [1.54, 1.807) is 0 Å². The maximum absolute atomic E-state index is 13.0. The van der Waals surface area contributed by atoms with Crippen molar-refractivity contribution in [2.75, 3.05) is 16.2 Å². The van der Waals surface area contributed by atoms with E-state index in [1.807, 2.05) is 0 Å². The molecule has 2 aromatic rings. The molecule has 1 fully saturated rings. The predicted molar refractivity (Wildman–Crippen MR) is 98.2 cm³/mol. The van der Waals surface area contributed by atoms with E-state index in [0.29, 0.717) is 6.42 Å². The van der Waals surface area contributed by atoms with E-state index in [1.165, 1.54) is 24.3 Å². The van der Waals surface area contributed by atoms with E-state index in [-0.39, 0.29) is 27.7 Å². The third-order valence-electron chi connectivity index (χ3n) is 4.07. The lowest BCUT2D eigenvalue weighted by Gasteiger charge is -2.12. The van der Waals surface area contributed by atoms with Gasteiger partial charge in [-0.2, -0.15) is 0 Å². The SMILES string of the molecule is O=C(N[C@@H]1CCS(=O)(=O)C1)c1cccc(NS(=O)(=O)c2ccc(F)cc2)c1. The van der Waals surface area contributed by atoms with E-state index in [4.69, 9.17) is 0 Å². The predicted octanol–water partition coefficient (Wildman–Crippen LogP) is 1.54. The van der Waals surface area contributed by atoms with E-state index in [9.17, 15) is 26.0 Å². The quantitative estimate of drug-likeness (QED) is 0.774. The number of hydrogen-bond donors (Lipinski definition) is 2. The first kappa shape index (κ1) is 19.3. The van der Waals surface area contributed by atoms with Gasteiger partial charge in [-0.1, -0.05) is 6.07 Å². The summed E-state index contributed by atoms with van der Waals surface area (Å²) in [5, 5.41) is 2.64. The van der Waals surface area contributed by atoms with Crippen LogP contribution >= 0.6 is 0 Å². The maximum Gasteiger partial charge on any atom is 0.261 e. The number of carbonyl (C=O) groups is 1. The van der Waals surface area contributed by atoms with Crippen molar-refractivity contribution < 1.29 is 26.0 Å². The Balaban J connectivity index is 1.73. The highest BCUT2D eigenvalue weighted by molar-refractivity contribution is 7.92. The lowest BCUT2D eigenvalue weighted by atomic mass is 10.1. The van der Waals surface area contributed by atoms with Gasteiger partial charge in [-0.25, -0.2) is 21.2 Å². The van der Waals surface area contributed by atoms with Crippen LogP contribution in [0.1, 0.15) is 16.8 Å². The second kappa shape index (κ2) is 7.28. The molecule has 1 heterocycles. The molecule has 2 N–H and O–H groups in total. The maximum atomic E-state index is 13.0. The number of nitrogens with one attached hydrogen (secondary N) is 2. The van der Waals surface area contributed by atoms with Crippen LogP contribution < -0.4 is 10.0 Å². The molecule has 1 saturated heterocycles. The Morgan fingerprint density at radius 1 is 1.11 bits per heavy atom. The van der Waals surface area contributed by atoms with Crippen LogP contribution in [0.4, 0.5) is 10.1 Å². The number of amides is 1. The molecule has 144 valence electrons. The Bertz CT molecular complexity index is 1070. The van der Waals surface area contributed by atoms with Crippen LogP contribution in [0.2, 0.25) is 0 Å². The molecule has 27 heavy (non-hydrogen) atoms. The lowest BCUT2D eigenvalue weighted by Crippen LogP contribution is -2.35. The van der Waals surface area contributed by atoms with Crippen molar-refractivity contribution in [3.05, 3.63) is 59.9 Å². The summed E-state index contributed by atoms with van der Waals surface area (Å²) in [6, 6.07) is 9.70. The molecule has 0 radical (unpaired) electrons. The zero-order valence-electron chi connectivity index (χ0n) is 14.1. The van der Waals surface area contributed by atoms with E-state index in [0.717, 1.165) is 24.3 Å². The molecular weight excluding hydrogens is 395 g/mol. The van der Waals surface area contributed by atoms with Crippen LogP contribution in [-0.4, -0.2) is 40.3 Å². The number of benzene rings is 2. The zero-order chi connectivity index (χ0) is 19.7. The van der Waals surface area contributed by atoms with Crippen molar-refractivity contribution in [2.45, 2.75) is 17.4 Å². The third-order valence-corrected chi connectivity index (χ3v) is 7.23. The summed E-state index contributed by atoms with van der Waals surface area (Å²) in [7, 11) is -7.06. The van der Waals surface area contributed by atoms with Crippen molar-refractivity contribution >= 4 is 31.5 Å². The summed E-state index contributed by atoms with van der Waals surface area (Å²) in [6.45, 7) is 0. The molecule has 2 aromatic carbocycles. The summed E-state index contributed by atoms with van der Waals surface area (Å²) in [6.07, 6.45) is 0.352. The van der Waals surface area contributed by atoms with Gasteiger partial charge < -0.3 is 5.32 Å². The van der Waals surface area contributed by atoms with Crippen LogP contribution in [0.15, 0.2) is 53.4 Å². The smallest absolute Gasteiger partial charge is 0.261 e. The minimum absolute atomic E-state index is 0.0372. The third kappa shape index (κ3) is 4.83. The van der Waals surface area contributed by atoms with Crippen molar-refractivity contribution in [1.82, 2.24) is 5.32 Å². The number of rotatable bonds is 5. The van der Waals surface area contributed by atoms with Gasteiger partial charge in [-0.3, -0.25) is 9.52 Å². The molecule has 0 saturated carbocycles. The molecule has 0 spiro atoms. The van der Waals surface area contributed by atoms with Gasteiger partial charge in [0.15, 0.2) is 9.84 Å². The Morgan fingerprint density at radius 2 is 1.81 bits per heavy atom. The average Bonchev–Trinajstić information content (AvgIpc) is 2.93. The molecule has 1 atom stereocenters. The van der Waals surface area contributed by atoms with Crippen LogP contribution in [0.25, 0.3) is 0 Å². The number of sulfonamides is 1. The Morgan fingerprint density at radius 3 is 2.44 bits per heavy atom. The largest absolute Gasteiger partial charge is 0.348 e. The average molecular weight is 412 g/mol. The highest BCUT2D eigenvalue weighted by Gasteiger charge is 2.29. The fraction of sp³-hybridized carbons (Fsp3) is 0.235. The van der Waals surface area contributed by atoms with Crippen LogP contribution in [0.3, 0.4) is 0 Å². The fourth-order valence-electron chi connectivity index (χ4n) is 2.73. The van der Waals surface area contributed by atoms with Crippen molar-refractivity contribution in [1.29, 1.82) is 0 Å². The number of anilines is 1. The van der Waals surface area contributed by atoms with Gasteiger partial charge in [0, 0.05) is 17.3 Å². The van der Waals surface area contributed by atoms with Gasteiger partial charge >= 0.3 is 0 Å². The molecule has 0 aliphatic carbocycles. The minimum atomic E-state index is -3.94. The fourth-order valence-corrected chi connectivity index (χ4v) is 5.45. The summed E-state index contributed by atoms with van der Waals surface area (Å²) in [5.41, 5.74) is 0.352. The highest BCUT2D eigenvalue weighted by Crippen LogP contribution is 2.18. The molecule has 1 aliphatic rings. The van der Waals surface area contributed by atoms with Gasteiger partial charge in [-0.15, -0.1) is 0 Å². The van der Waals surface area contributed by atoms with E-state index >= 15 is 0 Å². The standard InChI is InChI=1S/C17H17FN2O5S2/c18-13-4-6-16(7-5-13)27(24,25)20-14-3-1-2-12(10-14)17(21)19-15-8-9-26(22,23)11-15/h1-7,10,15,20H,8-9,11H2,(H,19,21)/t15-/m1/s1. The minimum Gasteiger partial charge on any atom is -0.348 e. The van der Waals surface area contributed by atoms with Gasteiger partial charge in [0.05, 0.1) is 16.4 Å². The molecule has 0 unspecified atom stereocenters. The molecule has 3 rings (SSSR count). The Kier molecular flexibility index (Phi) is 5.20. The topological polar surface area (TPSA) is 109 Å². The first-order valence-corrected chi connectivity index (χ1v) is 11.3. The molecule has 10 heteroatoms. The van der Waals surface area contributed by atoms with E-state index in [2.05, 4.69) is 10.0 Å². The molecule has 7 nitrogen and oxygen atoms in total. The zero-order valence-corrected chi connectivity index (χ0v) is 15.7. The van der Waals surface area contributed by atoms with Crippen LogP contribution in [0, 0.1) is 5.82 Å². The Hall–Kier alpha value is -2.46. The second-order valence-electron chi connectivity index (χ2n) is 6.21. The number of sulfone groups is 1. The normalized spacial score (nSPS) is 18.8. The van der Waals surface area contributed by atoms with Crippen LogP contribution in [0.5, 0.6) is 0 Å². The molecule has 1 aliphatic heterocycles. The molecular formula is C17H17FN2O5S2. The van der Waals surface area contributed by atoms with Gasteiger partial charge in [0.2, 0.25) is 0 Å². The summed E-state index contributed by atoms with van der Waals surface area (Å²) in [4.78, 5) is 12.2. The van der Waals surface area contributed by atoms with Crippen molar-refractivity contribution in [2.24, 2.45) is 0 Å². The second-order valence-corrected chi connectivity index (χ2v) is 10.1. The van der Waals surface area contributed by atoms with Crippen molar-refractivity contribution in [3.8, 4) is 0 Å². The lowest BCUT2D eigenvalue weighted by molar-refractivity contribution is 0.0941. The summed E-state index contributed by atoms with van der Waals surface area (Å²) in [5.74, 6) is -1.10.